The number of carbonyl (C=O) groups is 1. The molecule has 1 amide bonds. The summed E-state index contributed by atoms with van der Waals surface area (Å²) < 4.78 is 65.7. The highest BCUT2D eigenvalue weighted by atomic mass is 32.2. The van der Waals surface area contributed by atoms with Gasteiger partial charge >= 0.3 is 6.18 Å². The molecular weight excluding hydrogens is 395 g/mol. The summed E-state index contributed by atoms with van der Waals surface area (Å²) in [5.41, 5.74) is 1.78. The molecule has 28 heavy (non-hydrogen) atoms. The fourth-order valence-electron chi connectivity index (χ4n) is 3.15. The predicted molar refractivity (Wildman–Crippen MR) is 98.5 cm³/mol. The molecule has 1 heterocycles. The van der Waals surface area contributed by atoms with Gasteiger partial charge in [0.25, 0.3) is 5.91 Å². The summed E-state index contributed by atoms with van der Waals surface area (Å²) in [6, 6.07) is 5.92. The van der Waals surface area contributed by atoms with Gasteiger partial charge in [-0.1, -0.05) is 17.7 Å². The topological polar surface area (TPSA) is 87.3 Å². The molecule has 0 saturated carbocycles. The van der Waals surface area contributed by atoms with Gasteiger partial charge in [0.05, 0.1) is 11.3 Å². The van der Waals surface area contributed by atoms with Crippen LogP contribution in [0.3, 0.4) is 0 Å². The highest BCUT2D eigenvalue weighted by Gasteiger charge is 2.37. The smallest absolute Gasteiger partial charge is 0.360 e. The normalized spacial score (nSPS) is 18.1. The number of benzene rings is 2. The number of carbonyl (C=O) groups excluding carboxylic acids is 1. The van der Waals surface area contributed by atoms with E-state index < -0.39 is 33.8 Å². The fourth-order valence-corrected chi connectivity index (χ4v) is 4.41. The first-order valence-corrected chi connectivity index (χ1v) is 9.75. The van der Waals surface area contributed by atoms with Gasteiger partial charge in [0.2, 0.25) is 10.0 Å². The lowest BCUT2D eigenvalue weighted by molar-refractivity contribution is -0.137. The standard InChI is InChI=1S/C18H18F3N3O3S/c1-9-6-10(2)15(11(3)7-9)23-17(25)16-22-13-8-12(18(19,20)21)4-5-14(13)28(26,27)24-16/h4-8,16,22,24H,1-3H3,(H,23,25). The van der Waals surface area contributed by atoms with Crippen molar-refractivity contribution in [2.75, 3.05) is 10.6 Å². The third-order valence-electron chi connectivity index (χ3n) is 4.36. The SMILES string of the molecule is Cc1cc(C)c(NC(=O)C2Nc3cc(C(F)(F)F)ccc3S(=O)(=O)N2)c(C)c1. The van der Waals surface area contributed by atoms with Crippen LogP contribution in [-0.2, 0) is 21.0 Å². The van der Waals surface area contributed by atoms with Crippen molar-refractivity contribution in [3.63, 3.8) is 0 Å². The Hall–Kier alpha value is -2.59. The molecule has 1 atom stereocenters. The van der Waals surface area contributed by atoms with Crippen LogP contribution in [0.25, 0.3) is 0 Å². The molecule has 0 fully saturated rings. The van der Waals surface area contributed by atoms with Gasteiger partial charge in [-0.25, -0.2) is 8.42 Å². The molecule has 0 bridgehead atoms. The van der Waals surface area contributed by atoms with E-state index in [0.29, 0.717) is 17.8 Å². The van der Waals surface area contributed by atoms with Crippen LogP contribution < -0.4 is 15.4 Å². The van der Waals surface area contributed by atoms with Crippen LogP contribution in [0.2, 0.25) is 0 Å². The Bertz CT molecular complexity index is 1040. The molecule has 0 saturated heterocycles. The lowest BCUT2D eigenvalue weighted by Crippen LogP contribution is -2.51. The molecule has 3 N–H and O–H groups in total. The number of rotatable bonds is 2. The first-order chi connectivity index (χ1) is 12.9. The van der Waals surface area contributed by atoms with E-state index in [-0.39, 0.29) is 10.6 Å². The summed E-state index contributed by atoms with van der Waals surface area (Å²) in [6.45, 7) is 5.48. The zero-order chi connectivity index (χ0) is 20.9. The molecular formula is C18H18F3N3O3S. The number of alkyl halides is 3. The lowest BCUT2D eigenvalue weighted by Gasteiger charge is -2.28. The van der Waals surface area contributed by atoms with Gasteiger partial charge < -0.3 is 10.6 Å². The first kappa shape index (κ1) is 20.2. The molecule has 0 aromatic heterocycles. The summed E-state index contributed by atoms with van der Waals surface area (Å²) in [6.07, 6.45) is -6.10. The molecule has 10 heteroatoms. The third-order valence-corrected chi connectivity index (χ3v) is 5.84. The van der Waals surface area contributed by atoms with Gasteiger partial charge in [-0.3, -0.25) is 4.79 Å². The Labute approximate surface area is 160 Å². The van der Waals surface area contributed by atoms with E-state index in [1.807, 2.05) is 19.1 Å². The Morgan fingerprint density at radius 1 is 1.07 bits per heavy atom. The van der Waals surface area contributed by atoms with Crippen LogP contribution in [-0.4, -0.2) is 20.5 Å². The van der Waals surface area contributed by atoms with Gasteiger partial charge in [-0.15, -0.1) is 0 Å². The zero-order valence-corrected chi connectivity index (χ0v) is 16.0. The van der Waals surface area contributed by atoms with Crippen molar-refractivity contribution in [2.45, 2.75) is 38.0 Å². The van der Waals surface area contributed by atoms with Gasteiger partial charge in [0, 0.05) is 5.69 Å². The highest BCUT2D eigenvalue weighted by molar-refractivity contribution is 7.89. The van der Waals surface area contributed by atoms with Crippen LogP contribution in [0.1, 0.15) is 22.3 Å². The molecule has 0 radical (unpaired) electrons. The molecule has 3 rings (SSSR count). The van der Waals surface area contributed by atoms with Crippen molar-refractivity contribution in [1.29, 1.82) is 0 Å². The molecule has 0 spiro atoms. The van der Waals surface area contributed by atoms with E-state index in [2.05, 4.69) is 15.4 Å². The van der Waals surface area contributed by atoms with Crippen molar-refractivity contribution < 1.29 is 26.4 Å². The number of aryl methyl sites for hydroxylation is 3. The quantitative estimate of drug-likeness (QED) is 0.705. The second-order valence-corrected chi connectivity index (χ2v) is 8.35. The van der Waals surface area contributed by atoms with Crippen molar-refractivity contribution in [2.24, 2.45) is 0 Å². The second kappa shape index (κ2) is 6.78. The zero-order valence-electron chi connectivity index (χ0n) is 15.2. The number of nitrogens with one attached hydrogen (secondary N) is 3. The van der Waals surface area contributed by atoms with Crippen molar-refractivity contribution >= 4 is 27.3 Å². The van der Waals surface area contributed by atoms with Crippen LogP contribution in [0.5, 0.6) is 0 Å². The summed E-state index contributed by atoms with van der Waals surface area (Å²) in [5.74, 6) is -0.735. The molecule has 6 nitrogen and oxygen atoms in total. The fraction of sp³-hybridized carbons (Fsp3) is 0.278. The van der Waals surface area contributed by atoms with Crippen molar-refractivity contribution in [1.82, 2.24) is 4.72 Å². The summed E-state index contributed by atoms with van der Waals surface area (Å²) in [5, 5.41) is 5.17. The minimum atomic E-state index is -4.64. The van der Waals surface area contributed by atoms with Crippen LogP contribution >= 0.6 is 0 Å². The number of fused-ring (bicyclic) bond motifs is 1. The third kappa shape index (κ3) is 3.83. The predicted octanol–water partition coefficient (Wildman–Crippen LogP) is 3.30. The van der Waals surface area contributed by atoms with Gasteiger partial charge in [-0.05, 0) is 50.1 Å². The monoisotopic (exact) mass is 413 g/mol. The molecule has 1 unspecified atom stereocenters. The van der Waals surface area contributed by atoms with E-state index in [1.54, 1.807) is 13.8 Å². The maximum Gasteiger partial charge on any atom is 0.416 e. The first-order valence-electron chi connectivity index (χ1n) is 8.27. The second-order valence-electron chi connectivity index (χ2n) is 6.67. The average molecular weight is 413 g/mol. The van der Waals surface area contributed by atoms with E-state index in [0.717, 1.165) is 22.8 Å². The minimum absolute atomic E-state index is 0.286. The lowest BCUT2D eigenvalue weighted by atomic mass is 10.1. The summed E-state index contributed by atoms with van der Waals surface area (Å²) in [7, 11) is -4.16. The van der Waals surface area contributed by atoms with Crippen molar-refractivity contribution in [3.8, 4) is 0 Å². The largest absolute Gasteiger partial charge is 0.416 e. The number of hydrogen-bond donors (Lipinski definition) is 3. The maximum absolute atomic E-state index is 12.9. The van der Waals surface area contributed by atoms with E-state index in [4.69, 9.17) is 0 Å². The molecule has 1 aliphatic heterocycles. The molecule has 2 aromatic rings. The molecule has 2 aromatic carbocycles. The van der Waals surface area contributed by atoms with E-state index in [1.165, 1.54) is 0 Å². The van der Waals surface area contributed by atoms with E-state index in [9.17, 15) is 26.4 Å². The summed E-state index contributed by atoms with van der Waals surface area (Å²) >= 11 is 0. The van der Waals surface area contributed by atoms with Crippen LogP contribution in [0, 0.1) is 20.8 Å². The van der Waals surface area contributed by atoms with Gasteiger partial charge in [0.1, 0.15) is 4.90 Å². The van der Waals surface area contributed by atoms with Crippen LogP contribution in [0.15, 0.2) is 35.2 Å². The summed E-state index contributed by atoms with van der Waals surface area (Å²) in [4.78, 5) is 12.3. The molecule has 1 aliphatic rings. The van der Waals surface area contributed by atoms with Gasteiger partial charge in [0.15, 0.2) is 6.17 Å². The number of anilines is 2. The van der Waals surface area contributed by atoms with Crippen molar-refractivity contribution in [3.05, 3.63) is 52.6 Å². The number of halogens is 3. The highest BCUT2D eigenvalue weighted by Crippen LogP contribution is 2.35. The Balaban J connectivity index is 1.92. The average Bonchev–Trinajstić information content (AvgIpc) is 2.55. The molecule has 150 valence electrons. The number of sulfonamides is 1. The number of hydrogen-bond acceptors (Lipinski definition) is 4. The van der Waals surface area contributed by atoms with E-state index >= 15 is 0 Å². The van der Waals surface area contributed by atoms with Crippen LogP contribution in [0.4, 0.5) is 24.5 Å². The minimum Gasteiger partial charge on any atom is -0.360 e. The Morgan fingerprint density at radius 3 is 2.25 bits per heavy atom. The molecule has 0 aliphatic carbocycles. The maximum atomic E-state index is 12.9. The van der Waals surface area contributed by atoms with Gasteiger partial charge in [-0.2, -0.15) is 17.9 Å². The Kier molecular flexibility index (Phi) is 4.88. The Morgan fingerprint density at radius 2 is 1.68 bits per heavy atom. The number of amides is 1.